The van der Waals surface area contributed by atoms with Crippen molar-refractivity contribution in [2.24, 2.45) is 0 Å². The summed E-state index contributed by atoms with van der Waals surface area (Å²) in [6, 6.07) is 9.33. The summed E-state index contributed by atoms with van der Waals surface area (Å²) in [5, 5.41) is 8.63. The van der Waals surface area contributed by atoms with Crippen molar-refractivity contribution < 1.29 is 9.90 Å². The topological polar surface area (TPSA) is 37.3 Å². The van der Waals surface area contributed by atoms with E-state index in [1.807, 2.05) is 30.3 Å². The van der Waals surface area contributed by atoms with E-state index in [0.29, 0.717) is 0 Å². The van der Waals surface area contributed by atoms with E-state index < -0.39 is 11.2 Å². The molecule has 1 N–H and O–H groups in total. The Balaban J connectivity index is 2.62. The minimum Gasteiger partial charge on any atom is -0.480 e. The molecule has 1 aromatic rings. The fourth-order valence-electron chi connectivity index (χ4n) is 1.20. The van der Waals surface area contributed by atoms with Gasteiger partial charge in [-0.15, -0.1) is 11.8 Å². The molecule has 0 amide bonds. The molecule has 0 aromatic heterocycles. The predicted octanol–water partition coefficient (Wildman–Crippen LogP) is 2.87. The molecule has 2 nitrogen and oxygen atoms in total. The second-order valence-corrected chi connectivity index (χ2v) is 4.74. The van der Waals surface area contributed by atoms with E-state index >= 15 is 0 Å². The molecule has 0 heterocycles. The van der Waals surface area contributed by atoms with Gasteiger partial charge in [0.25, 0.3) is 0 Å². The standard InChI is InChI=1S/C11H14O2S2/c12-11(13)10(15-8-4-7-14)9-5-2-1-3-6-9/h1-3,5-6,10,14H,4,7-8H2,(H,12,13). The average Bonchev–Trinajstić information content (AvgIpc) is 2.25. The van der Waals surface area contributed by atoms with Crippen LogP contribution < -0.4 is 0 Å². The molecule has 0 aliphatic rings. The van der Waals surface area contributed by atoms with E-state index in [0.717, 1.165) is 23.5 Å². The van der Waals surface area contributed by atoms with Gasteiger partial charge in [-0.3, -0.25) is 4.79 Å². The largest absolute Gasteiger partial charge is 0.480 e. The number of carboxylic acids is 1. The number of carboxylic acid groups (broad SMARTS) is 1. The maximum absolute atomic E-state index is 11.1. The van der Waals surface area contributed by atoms with E-state index in [2.05, 4.69) is 12.6 Å². The molecule has 0 fully saturated rings. The number of thioether (sulfide) groups is 1. The maximum Gasteiger partial charge on any atom is 0.321 e. The summed E-state index contributed by atoms with van der Waals surface area (Å²) in [5.74, 6) is 0.856. The summed E-state index contributed by atoms with van der Waals surface area (Å²) in [6.07, 6.45) is 0.935. The molecule has 0 saturated heterocycles. The van der Waals surface area contributed by atoms with Crippen molar-refractivity contribution in [3.8, 4) is 0 Å². The fourth-order valence-corrected chi connectivity index (χ4v) is 2.61. The molecule has 0 aliphatic carbocycles. The van der Waals surface area contributed by atoms with Gasteiger partial charge in [-0.1, -0.05) is 30.3 Å². The number of benzene rings is 1. The van der Waals surface area contributed by atoms with Crippen LogP contribution in [0.25, 0.3) is 0 Å². The van der Waals surface area contributed by atoms with Gasteiger partial charge >= 0.3 is 5.97 Å². The molecule has 1 atom stereocenters. The second kappa shape index (κ2) is 6.80. The van der Waals surface area contributed by atoms with Crippen LogP contribution in [0.5, 0.6) is 0 Å². The maximum atomic E-state index is 11.1. The van der Waals surface area contributed by atoms with E-state index in [1.165, 1.54) is 11.8 Å². The predicted molar refractivity (Wildman–Crippen MR) is 67.7 cm³/mol. The Morgan fingerprint density at radius 2 is 2.07 bits per heavy atom. The second-order valence-electron chi connectivity index (χ2n) is 3.08. The third-order valence-electron chi connectivity index (χ3n) is 1.91. The quantitative estimate of drug-likeness (QED) is 0.595. The first-order chi connectivity index (χ1) is 7.25. The number of thiol groups is 1. The van der Waals surface area contributed by atoms with Crippen LogP contribution in [0.2, 0.25) is 0 Å². The average molecular weight is 242 g/mol. The lowest BCUT2D eigenvalue weighted by Gasteiger charge is -2.11. The first kappa shape index (κ1) is 12.5. The molecular weight excluding hydrogens is 228 g/mol. The van der Waals surface area contributed by atoms with Crippen molar-refractivity contribution in [3.05, 3.63) is 35.9 Å². The van der Waals surface area contributed by atoms with Crippen LogP contribution in [0.4, 0.5) is 0 Å². The van der Waals surface area contributed by atoms with Gasteiger partial charge in [0.15, 0.2) is 0 Å². The van der Waals surface area contributed by atoms with E-state index in [1.54, 1.807) is 0 Å². The molecule has 1 aromatic carbocycles. The molecule has 0 saturated carbocycles. The molecule has 82 valence electrons. The lowest BCUT2D eigenvalue weighted by Crippen LogP contribution is -2.08. The zero-order valence-corrected chi connectivity index (χ0v) is 10.0. The van der Waals surface area contributed by atoms with Crippen LogP contribution >= 0.6 is 24.4 Å². The van der Waals surface area contributed by atoms with Gasteiger partial charge in [-0.05, 0) is 23.5 Å². The van der Waals surface area contributed by atoms with Gasteiger partial charge in [0.2, 0.25) is 0 Å². The molecule has 0 radical (unpaired) electrons. The summed E-state index contributed by atoms with van der Waals surface area (Å²) in [4.78, 5) is 11.1. The monoisotopic (exact) mass is 242 g/mol. The van der Waals surface area contributed by atoms with Crippen LogP contribution in [-0.4, -0.2) is 22.6 Å². The highest BCUT2D eigenvalue weighted by Gasteiger charge is 2.19. The molecule has 0 aliphatic heterocycles. The van der Waals surface area contributed by atoms with Gasteiger partial charge < -0.3 is 5.11 Å². The lowest BCUT2D eigenvalue weighted by atomic mass is 10.1. The van der Waals surface area contributed by atoms with Crippen LogP contribution in [0.15, 0.2) is 30.3 Å². The summed E-state index contributed by atoms with van der Waals surface area (Å²) >= 11 is 5.56. The highest BCUT2D eigenvalue weighted by molar-refractivity contribution is 8.00. The third kappa shape index (κ3) is 4.18. The lowest BCUT2D eigenvalue weighted by molar-refractivity contribution is -0.136. The summed E-state index contributed by atoms with van der Waals surface area (Å²) in [5.41, 5.74) is 0.856. The smallest absolute Gasteiger partial charge is 0.321 e. The Kier molecular flexibility index (Phi) is 5.65. The minimum atomic E-state index is -0.773. The number of carbonyl (C=O) groups is 1. The minimum absolute atomic E-state index is 0.453. The van der Waals surface area contributed by atoms with Crippen molar-refractivity contribution in [2.75, 3.05) is 11.5 Å². The Morgan fingerprint density at radius 3 is 2.60 bits per heavy atom. The number of hydrogen-bond acceptors (Lipinski definition) is 3. The molecule has 0 spiro atoms. The molecular formula is C11H14O2S2. The number of hydrogen-bond donors (Lipinski definition) is 2. The van der Waals surface area contributed by atoms with Crippen LogP contribution in [0.3, 0.4) is 0 Å². The van der Waals surface area contributed by atoms with Crippen molar-refractivity contribution >= 4 is 30.4 Å². The van der Waals surface area contributed by atoms with Crippen molar-refractivity contribution in [1.29, 1.82) is 0 Å². The molecule has 1 unspecified atom stereocenters. The zero-order valence-electron chi connectivity index (χ0n) is 8.30. The normalized spacial score (nSPS) is 12.3. The van der Waals surface area contributed by atoms with Gasteiger partial charge in [0, 0.05) is 0 Å². The van der Waals surface area contributed by atoms with E-state index in [9.17, 15) is 4.79 Å². The van der Waals surface area contributed by atoms with Gasteiger partial charge in [0.1, 0.15) is 5.25 Å². The summed E-state index contributed by atoms with van der Waals surface area (Å²) in [7, 11) is 0. The summed E-state index contributed by atoms with van der Waals surface area (Å²) in [6.45, 7) is 0. The van der Waals surface area contributed by atoms with Crippen LogP contribution in [-0.2, 0) is 4.79 Å². The first-order valence-corrected chi connectivity index (χ1v) is 6.44. The van der Waals surface area contributed by atoms with E-state index in [-0.39, 0.29) is 0 Å². The van der Waals surface area contributed by atoms with Gasteiger partial charge in [-0.2, -0.15) is 12.6 Å². The van der Waals surface area contributed by atoms with Crippen molar-refractivity contribution in [1.82, 2.24) is 0 Å². The molecule has 15 heavy (non-hydrogen) atoms. The Labute approximate surface area is 99.5 Å². The van der Waals surface area contributed by atoms with Crippen LogP contribution in [0, 0.1) is 0 Å². The highest BCUT2D eigenvalue weighted by atomic mass is 32.2. The SMILES string of the molecule is O=C(O)C(SCCCS)c1ccccc1. The Morgan fingerprint density at radius 1 is 1.40 bits per heavy atom. The van der Waals surface area contributed by atoms with Gasteiger partial charge in [-0.25, -0.2) is 0 Å². The Bertz CT molecular complexity index is 301. The Hall–Kier alpha value is -0.610. The zero-order chi connectivity index (χ0) is 11.1. The van der Waals surface area contributed by atoms with Crippen molar-refractivity contribution in [3.63, 3.8) is 0 Å². The van der Waals surface area contributed by atoms with Crippen LogP contribution in [0.1, 0.15) is 17.2 Å². The number of aliphatic carboxylic acids is 1. The number of rotatable bonds is 6. The molecule has 0 bridgehead atoms. The highest BCUT2D eigenvalue weighted by Crippen LogP contribution is 2.29. The molecule has 1 rings (SSSR count). The van der Waals surface area contributed by atoms with Gasteiger partial charge in [0.05, 0.1) is 0 Å². The van der Waals surface area contributed by atoms with Crippen molar-refractivity contribution in [2.45, 2.75) is 11.7 Å². The fraction of sp³-hybridized carbons (Fsp3) is 0.364. The first-order valence-electron chi connectivity index (χ1n) is 4.76. The third-order valence-corrected chi connectivity index (χ3v) is 3.56. The van der Waals surface area contributed by atoms with E-state index in [4.69, 9.17) is 5.11 Å². The molecule has 4 heteroatoms. The summed E-state index contributed by atoms with van der Waals surface area (Å²) < 4.78 is 0.